The van der Waals surface area contributed by atoms with Gasteiger partial charge >= 0.3 is 0 Å². The molecule has 0 aliphatic carbocycles. The molecule has 0 aliphatic heterocycles. The van der Waals surface area contributed by atoms with E-state index in [2.05, 4.69) is 12.2 Å². The van der Waals surface area contributed by atoms with Crippen LogP contribution >= 0.6 is 0 Å². The quantitative estimate of drug-likeness (QED) is 0.752. The highest BCUT2D eigenvalue weighted by Gasteiger charge is 2.06. The van der Waals surface area contributed by atoms with Gasteiger partial charge in [0.05, 0.1) is 32.6 Å². The van der Waals surface area contributed by atoms with Crippen LogP contribution in [-0.2, 0) is 11.3 Å². The monoisotopic (exact) mass is 275 g/mol. The second-order valence-corrected chi connectivity index (χ2v) is 4.59. The smallest absolute Gasteiger partial charge is 0.120 e. The number of hydrogen-bond acceptors (Lipinski definition) is 4. The van der Waals surface area contributed by atoms with E-state index in [1.165, 1.54) is 0 Å². The van der Waals surface area contributed by atoms with Crippen LogP contribution in [0.2, 0.25) is 0 Å². The molecule has 1 unspecified atom stereocenters. The predicted molar refractivity (Wildman–Crippen MR) is 77.8 cm³/mol. The van der Waals surface area contributed by atoms with Gasteiger partial charge in [0.25, 0.3) is 0 Å². The summed E-state index contributed by atoms with van der Waals surface area (Å²) in [6.45, 7) is 4.14. The first kappa shape index (κ1) is 14.6. The minimum Gasteiger partial charge on any atom is -0.497 e. The van der Waals surface area contributed by atoms with E-state index >= 15 is 0 Å². The summed E-state index contributed by atoms with van der Waals surface area (Å²) in [6.07, 6.45) is 1.69. The van der Waals surface area contributed by atoms with Crippen molar-refractivity contribution in [2.45, 2.75) is 19.6 Å². The number of methoxy groups -OCH3 is 1. The molecule has 0 aliphatic rings. The summed E-state index contributed by atoms with van der Waals surface area (Å²) in [6, 6.07) is 12.0. The van der Waals surface area contributed by atoms with E-state index in [1.807, 2.05) is 36.4 Å². The Morgan fingerprint density at radius 1 is 1.20 bits per heavy atom. The van der Waals surface area contributed by atoms with Gasteiger partial charge in [0.2, 0.25) is 0 Å². The summed E-state index contributed by atoms with van der Waals surface area (Å²) in [5.74, 6) is 1.81. The number of ether oxygens (including phenoxy) is 2. The fourth-order valence-corrected chi connectivity index (χ4v) is 1.90. The highest BCUT2D eigenvalue weighted by atomic mass is 16.5. The molecule has 2 rings (SSSR count). The summed E-state index contributed by atoms with van der Waals surface area (Å²) in [5, 5.41) is 3.35. The molecule has 1 atom stereocenters. The van der Waals surface area contributed by atoms with Crippen molar-refractivity contribution < 1.29 is 13.9 Å². The van der Waals surface area contributed by atoms with Crippen molar-refractivity contribution in [3.05, 3.63) is 54.0 Å². The minimum absolute atomic E-state index is 0.203. The molecule has 0 amide bonds. The molecule has 0 fully saturated rings. The number of hydrogen-bond donors (Lipinski definition) is 1. The van der Waals surface area contributed by atoms with Crippen LogP contribution in [0.15, 0.2) is 47.1 Å². The van der Waals surface area contributed by atoms with E-state index in [0.717, 1.165) is 23.6 Å². The second kappa shape index (κ2) is 7.72. The van der Waals surface area contributed by atoms with Crippen molar-refractivity contribution in [1.29, 1.82) is 0 Å². The first-order valence-corrected chi connectivity index (χ1v) is 6.77. The van der Waals surface area contributed by atoms with Crippen LogP contribution < -0.4 is 10.1 Å². The molecule has 108 valence electrons. The summed E-state index contributed by atoms with van der Waals surface area (Å²) in [7, 11) is 1.66. The molecule has 1 aromatic heterocycles. The van der Waals surface area contributed by atoms with Gasteiger partial charge in [-0.1, -0.05) is 12.1 Å². The van der Waals surface area contributed by atoms with Gasteiger partial charge in [-0.05, 0) is 36.8 Å². The Labute approximate surface area is 119 Å². The molecule has 0 saturated heterocycles. The van der Waals surface area contributed by atoms with Crippen LogP contribution in [0.3, 0.4) is 0 Å². The largest absolute Gasteiger partial charge is 0.497 e. The summed E-state index contributed by atoms with van der Waals surface area (Å²) >= 11 is 0. The SMILES string of the molecule is COc1ccc(COCCNC(C)c2ccco2)cc1. The third-order valence-electron chi connectivity index (χ3n) is 3.09. The molecule has 4 heteroatoms. The van der Waals surface area contributed by atoms with Gasteiger partial charge in [0, 0.05) is 6.54 Å². The van der Waals surface area contributed by atoms with Gasteiger partial charge < -0.3 is 19.2 Å². The first-order valence-electron chi connectivity index (χ1n) is 6.77. The zero-order valence-electron chi connectivity index (χ0n) is 12.0. The Bertz CT molecular complexity index is 479. The third-order valence-corrected chi connectivity index (χ3v) is 3.09. The Morgan fingerprint density at radius 2 is 2.00 bits per heavy atom. The molecular formula is C16H21NO3. The highest BCUT2D eigenvalue weighted by Crippen LogP contribution is 2.12. The Hall–Kier alpha value is -1.78. The van der Waals surface area contributed by atoms with Gasteiger partial charge in [-0.3, -0.25) is 0 Å². The average molecular weight is 275 g/mol. The van der Waals surface area contributed by atoms with Crippen LogP contribution in [0.5, 0.6) is 5.75 Å². The van der Waals surface area contributed by atoms with Crippen LogP contribution in [0.25, 0.3) is 0 Å². The van der Waals surface area contributed by atoms with Crippen LogP contribution in [0, 0.1) is 0 Å². The summed E-state index contributed by atoms with van der Waals surface area (Å²) in [5.41, 5.74) is 1.14. The lowest BCUT2D eigenvalue weighted by Crippen LogP contribution is -2.22. The zero-order valence-corrected chi connectivity index (χ0v) is 12.0. The molecular weight excluding hydrogens is 254 g/mol. The Morgan fingerprint density at radius 3 is 2.65 bits per heavy atom. The fraction of sp³-hybridized carbons (Fsp3) is 0.375. The van der Waals surface area contributed by atoms with Gasteiger partial charge in [-0.15, -0.1) is 0 Å². The van der Waals surface area contributed by atoms with Crippen LogP contribution in [0.1, 0.15) is 24.3 Å². The van der Waals surface area contributed by atoms with Gasteiger partial charge in [0.1, 0.15) is 11.5 Å². The minimum atomic E-state index is 0.203. The molecule has 2 aromatic rings. The lowest BCUT2D eigenvalue weighted by molar-refractivity contribution is 0.120. The van der Waals surface area contributed by atoms with Gasteiger partial charge in [-0.2, -0.15) is 0 Å². The van der Waals surface area contributed by atoms with E-state index in [9.17, 15) is 0 Å². The molecule has 1 aromatic carbocycles. The topological polar surface area (TPSA) is 43.6 Å². The highest BCUT2D eigenvalue weighted by molar-refractivity contribution is 5.26. The number of nitrogens with one attached hydrogen (secondary N) is 1. The molecule has 4 nitrogen and oxygen atoms in total. The fourth-order valence-electron chi connectivity index (χ4n) is 1.90. The number of furan rings is 1. The first-order chi connectivity index (χ1) is 9.79. The van der Waals surface area contributed by atoms with E-state index in [4.69, 9.17) is 13.9 Å². The summed E-state index contributed by atoms with van der Waals surface area (Å²) in [4.78, 5) is 0. The predicted octanol–water partition coefficient (Wildman–Crippen LogP) is 3.16. The van der Waals surface area contributed by atoms with Crippen molar-refractivity contribution in [3.8, 4) is 5.75 Å². The van der Waals surface area contributed by atoms with Gasteiger partial charge in [0.15, 0.2) is 0 Å². The van der Waals surface area contributed by atoms with Crippen LogP contribution in [0.4, 0.5) is 0 Å². The standard InChI is InChI=1S/C16H21NO3/c1-13(16-4-3-10-20-16)17-9-11-19-12-14-5-7-15(18-2)8-6-14/h3-8,10,13,17H,9,11-12H2,1-2H3. The van der Waals surface area contributed by atoms with E-state index in [1.54, 1.807) is 13.4 Å². The molecule has 0 spiro atoms. The lowest BCUT2D eigenvalue weighted by Gasteiger charge is -2.11. The second-order valence-electron chi connectivity index (χ2n) is 4.59. The van der Waals surface area contributed by atoms with Crippen molar-refractivity contribution in [3.63, 3.8) is 0 Å². The maximum atomic E-state index is 5.63. The van der Waals surface area contributed by atoms with E-state index in [-0.39, 0.29) is 6.04 Å². The van der Waals surface area contributed by atoms with E-state index in [0.29, 0.717) is 13.2 Å². The van der Waals surface area contributed by atoms with E-state index < -0.39 is 0 Å². The van der Waals surface area contributed by atoms with Crippen molar-refractivity contribution in [1.82, 2.24) is 5.32 Å². The number of rotatable bonds is 8. The maximum Gasteiger partial charge on any atom is 0.120 e. The molecule has 1 heterocycles. The molecule has 0 radical (unpaired) electrons. The normalized spacial score (nSPS) is 12.3. The zero-order chi connectivity index (χ0) is 14.2. The van der Waals surface area contributed by atoms with Crippen LogP contribution in [-0.4, -0.2) is 20.3 Å². The van der Waals surface area contributed by atoms with Gasteiger partial charge in [-0.25, -0.2) is 0 Å². The number of benzene rings is 1. The molecule has 0 saturated carbocycles. The average Bonchev–Trinajstić information content (AvgIpc) is 3.01. The lowest BCUT2D eigenvalue weighted by atomic mass is 10.2. The van der Waals surface area contributed by atoms with Crippen molar-refractivity contribution in [2.24, 2.45) is 0 Å². The van der Waals surface area contributed by atoms with Crippen molar-refractivity contribution in [2.75, 3.05) is 20.3 Å². The molecule has 0 bridgehead atoms. The molecule has 1 N–H and O–H groups in total. The molecule has 20 heavy (non-hydrogen) atoms. The third kappa shape index (κ3) is 4.40. The van der Waals surface area contributed by atoms with Crippen molar-refractivity contribution >= 4 is 0 Å². The Kier molecular flexibility index (Phi) is 5.65. The maximum absolute atomic E-state index is 5.63. The summed E-state index contributed by atoms with van der Waals surface area (Å²) < 4.78 is 16.1. The Balaban J connectivity index is 1.61.